The molecule has 7 nitrogen and oxygen atoms in total. The van der Waals surface area contributed by atoms with E-state index in [1.54, 1.807) is 18.3 Å². The van der Waals surface area contributed by atoms with E-state index in [2.05, 4.69) is 10.3 Å². The summed E-state index contributed by atoms with van der Waals surface area (Å²) >= 11 is 6.27. The summed E-state index contributed by atoms with van der Waals surface area (Å²) in [6, 6.07) is 7.12. The second kappa shape index (κ2) is 7.74. The number of halogens is 1. The third-order valence-electron chi connectivity index (χ3n) is 6.04. The molecule has 5 rings (SSSR count). The molecule has 0 spiro atoms. The second-order valence-electron chi connectivity index (χ2n) is 7.93. The molecule has 8 heteroatoms. The van der Waals surface area contributed by atoms with Gasteiger partial charge in [0.25, 0.3) is 0 Å². The Hall–Kier alpha value is -2.32. The number of hydrogen-bond acceptors (Lipinski definition) is 6. The molecule has 1 aliphatic carbocycles. The minimum absolute atomic E-state index is 0.344. The van der Waals surface area contributed by atoms with Gasteiger partial charge in [-0.3, -0.25) is 0 Å². The third-order valence-corrected chi connectivity index (χ3v) is 6.26. The zero-order chi connectivity index (χ0) is 20.8. The van der Waals surface area contributed by atoms with E-state index < -0.39 is 18.3 Å². The number of fused-ring (bicyclic) bond motifs is 2. The first-order valence-electron chi connectivity index (χ1n) is 10.1. The number of benzene rings is 1. The predicted molar refractivity (Wildman–Crippen MR) is 113 cm³/mol. The predicted octanol–water partition coefficient (Wildman–Crippen LogP) is 2.59. The van der Waals surface area contributed by atoms with Crippen LogP contribution in [0.2, 0.25) is 5.02 Å². The molecule has 1 aliphatic heterocycles. The van der Waals surface area contributed by atoms with Gasteiger partial charge in [-0.1, -0.05) is 11.6 Å². The molecule has 1 aromatic carbocycles. The number of aliphatic hydroxyl groups is 2. The van der Waals surface area contributed by atoms with Crippen LogP contribution in [0.3, 0.4) is 0 Å². The average Bonchev–Trinajstić information content (AvgIpc) is 3.16. The lowest BCUT2D eigenvalue weighted by molar-refractivity contribution is -0.0166. The minimum atomic E-state index is -1.04. The Morgan fingerprint density at radius 2 is 2.13 bits per heavy atom. The van der Waals surface area contributed by atoms with Gasteiger partial charge in [0, 0.05) is 42.3 Å². The van der Waals surface area contributed by atoms with E-state index in [-0.39, 0.29) is 6.04 Å². The van der Waals surface area contributed by atoms with E-state index in [0.29, 0.717) is 36.1 Å². The van der Waals surface area contributed by atoms with Crippen LogP contribution in [0.1, 0.15) is 23.6 Å². The normalized spacial score (nSPS) is 26.3. The molecule has 3 aromatic rings. The number of ether oxygens (including phenoxy) is 2. The average molecular weight is 430 g/mol. The molecular weight excluding hydrogens is 406 g/mol. The number of aryl methyl sites for hydroxylation is 1. The topological polar surface area (TPSA) is 88.8 Å². The second-order valence-corrected chi connectivity index (χ2v) is 8.37. The summed E-state index contributed by atoms with van der Waals surface area (Å²) in [5, 5.41) is 26.4. The van der Waals surface area contributed by atoms with Gasteiger partial charge in [0.05, 0.1) is 11.6 Å². The van der Waals surface area contributed by atoms with Crippen molar-refractivity contribution in [3.8, 4) is 11.5 Å². The third kappa shape index (κ3) is 3.32. The van der Waals surface area contributed by atoms with Gasteiger partial charge in [0.2, 0.25) is 0 Å². The minimum Gasteiger partial charge on any atom is -0.492 e. The summed E-state index contributed by atoms with van der Waals surface area (Å²) in [5.74, 6) is 1.25. The monoisotopic (exact) mass is 429 g/mol. The molecule has 0 amide bonds. The first-order valence-corrected chi connectivity index (χ1v) is 10.5. The fourth-order valence-electron chi connectivity index (χ4n) is 4.43. The van der Waals surface area contributed by atoms with Crippen molar-refractivity contribution in [1.29, 1.82) is 0 Å². The Kier molecular flexibility index (Phi) is 5.06. The molecule has 0 saturated heterocycles. The lowest BCUT2D eigenvalue weighted by Gasteiger charge is -2.21. The van der Waals surface area contributed by atoms with Gasteiger partial charge in [-0.25, -0.2) is 4.98 Å². The molecule has 1 saturated carbocycles. The van der Waals surface area contributed by atoms with E-state index >= 15 is 0 Å². The highest BCUT2D eigenvalue weighted by molar-refractivity contribution is 6.30. The van der Waals surface area contributed by atoms with Gasteiger partial charge < -0.3 is 29.6 Å². The van der Waals surface area contributed by atoms with E-state index in [0.717, 1.165) is 28.7 Å². The highest BCUT2D eigenvalue weighted by atomic mass is 35.5. The largest absolute Gasteiger partial charge is 0.492 e. The molecular formula is C22H24ClN3O4. The molecule has 3 heterocycles. The summed E-state index contributed by atoms with van der Waals surface area (Å²) in [4.78, 5) is 4.48. The van der Waals surface area contributed by atoms with Crippen molar-refractivity contribution < 1.29 is 19.7 Å². The van der Waals surface area contributed by atoms with Gasteiger partial charge in [-0.05, 0) is 36.8 Å². The summed E-state index contributed by atoms with van der Waals surface area (Å²) in [5.41, 5.74) is 2.78. The summed E-state index contributed by atoms with van der Waals surface area (Å²) in [6.45, 7) is 3.89. The molecule has 0 radical (unpaired) electrons. The van der Waals surface area contributed by atoms with E-state index in [4.69, 9.17) is 21.1 Å². The quantitative estimate of drug-likeness (QED) is 0.593. The number of aliphatic hydroxyl groups excluding tert-OH is 2. The van der Waals surface area contributed by atoms with Crippen molar-refractivity contribution in [3.05, 3.63) is 52.8 Å². The fourth-order valence-corrected chi connectivity index (χ4v) is 4.62. The lowest BCUT2D eigenvalue weighted by Crippen LogP contribution is -2.34. The van der Waals surface area contributed by atoms with Crippen molar-refractivity contribution in [3.63, 3.8) is 0 Å². The van der Waals surface area contributed by atoms with E-state index in [1.807, 2.05) is 29.8 Å². The van der Waals surface area contributed by atoms with Crippen LogP contribution in [0.4, 0.5) is 0 Å². The van der Waals surface area contributed by atoms with Crippen molar-refractivity contribution in [1.82, 2.24) is 14.9 Å². The Morgan fingerprint density at radius 3 is 3.00 bits per heavy atom. The zero-order valence-electron chi connectivity index (χ0n) is 16.6. The standard InChI is InChI=1S/C22H24ClN3O4/c1-12-2-4-25-22-14(12)3-6-26(22)16-10-19(21(28)20(16)27)30-18-9-13(23)8-17-15(18)11-24-5-7-29-17/h2-4,6,8-9,16,19-21,24,27-28H,5,7,10-11H2,1H3/t16-,19+,20+,21-/m1/s1. The van der Waals surface area contributed by atoms with Crippen LogP contribution < -0.4 is 14.8 Å². The van der Waals surface area contributed by atoms with E-state index in [1.165, 1.54) is 0 Å². The van der Waals surface area contributed by atoms with Crippen LogP contribution >= 0.6 is 11.6 Å². The van der Waals surface area contributed by atoms with Crippen LogP contribution in [0, 0.1) is 6.92 Å². The number of nitrogens with zero attached hydrogens (tertiary/aromatic N) is 2. The first-order chi connectivity index (χ1) is 14.5. The van der Waals surface area contributed by atoms with Crippen molar-refractivity contribution in [2.45, 2.75) is 44.2 Å². The summed E-state index contributed by atoms with van der Waals surface area (Å²) in [6.07, 6.45) is 1.52. The molecule has 2 aliphatic rings. The van der Waals surface area contributed by atoms with Gasteiger partial charge in [0.1, 0.15) is 42.1 Å². The first kappa shape index (κ1) is 19.6. The lowest BCUT2D eigenvalue weighted by atomic mass is 10.1. The number of pyridine rings is 1. The van der Waals surface area contributed by atoms with E-state index in [9.17, 15) is 10.2 Å². The van der Waals surface area contributed by atoms with Crippen LogP contribution in [0.15, 0.2) is 36.7 Å². The van der Waals surface area contributed by atoms with Gasteiger partial charge in [-0.15, -0.1) is 0 Å². The Bertz CT molecular complexity index is 1090. The van der Waals surface area contributed by atoms with Gasteiger partial charge >= 0.3 is 0 Å². The maximum absolute atomic E-state index is 10.8. The van der Waals surface area contributed by atoms with Crippen molar-refractivity contribution >= 4 is 22.6 Å². The Balaban J connectivity index is 1.45. The molecule has 0 bridgehead atoms. The molecule has 3 N–H and O–H groups in total. The molecule has 158 valence electrons. The van der Waals surface area contributed by atoms with Crippen LogP contribution in [0.25, 0.3) is 11.0 Å². The number of hydrogen-bond donors (Lipinski definition) is 3. The highest BCUT2D eigenvalue weighted by Crippen LogP contribution is 2.39. The smallest absolute Gasteiger partial charge is 0.140 e. The molecule has 4 atom stereocenters. The Labute approximate surface area is 179 Å². The number of nitrogens with one attached hydrogen (secondary N) is 1. The summed E-state index contributed by atoms with van der Waals surface area (Å²) < 4.78 is 13.9. The van der Waals surface area contributed by atoms with Gasteiger partial charge in [-0.2, -0.15) is 0 Å². The molecule has 0 unspecified atom stereocenters. The number of aromatic nitrogens is 2. The molecule has 30 heavy (non-hydrogen) atoms. The van der Waals surface area contributed by atoms with Crippen LogP contribution in [-0.2, 0) is 6.54 Å². The molecule has 2 aromatic heterocycles. The highest BCUT2D eigenvalue weighted by Gasteiger charge is 2.44. The summed E-state index contributed by atoms with van der Waals surface area (Å²) in [7, 11) is 0. The SMILES string of the molecule is Cc1ccnc2c1ccn2[C@@H]1C[C@H](Oc2cc(Cl)cc3c2CNCCO3)[C@@H](O)[C@H]1O. The van der Waals surface area contributed by atoms with Crippen molar-refractivity contribution in [2.24, 2.45) is 0 Å². The zero-order valence-corrected chi connectivity index (χ0v) is 17.3. The van der Waals surface area contributed by atoms with Crippen LogP contribution in [-0.4, -0.2) is 51.2 Å². The van der Waals surface area contributed by atoms with Crippen molar-refractivity contribution in [2.75, 3.05) is 13.2 Å². The van der Waals surface area contributed by atoms with Gasteiger partial charge in [0.15, 0.2) is 0 Å². The Morgan fingerprint density at radius 1 is 1.27 bits per heavy atom. The number of rotatable bonds is 3. The maximum atomic E-state index is 10.8. The maximum Gasteiger partial charge on any atom is 0.140 e. The van der Waals surface area contributed by atoms with Crippen LogP contribution in [0.5, 0.6) is 11.5 Å². The molecule has 1 fully saturated rings. The fraction of sp³-hybridized carbons (Fsp3) is 0.409.